The number of aryl methyl sites for hydroxylation is 1. The van der Waals surface area contributed by atoms with Gasteiger partial charge in [-0.25, -0.2) is 4.79 Å². The molecule has 1 aliphatic heterocycles. The van der Waals surface area contributed by atoms with Crippen LogP contribution in [0.25, 0.3) is 10.8 Å². The average molecular weight is 269 g/mol. The summed E-state index contributed by atoms with van der Waals surface area (Å²) in [5, 5.41) is 4.38. The van der Waals surface area contributed by atoms with Gasteiger partial charge in [-0.05, 0) is 12.0 Å². The number of carbonyl (C=O) groups is 2. The molecule has 2 aromatic rings. The fourth-order valence-electron chi connectivity index (χ4n) is 2.56. The van der Waals surface area contributed by atoms with Crippen LogP contribution in [-0.2, 0) is 11.2 Å². The minimum atomic E-state index is -0.377. The predicted octanol–water partition coefficient (Wildman–Crippen LogP) is 2.24. The van der Waals surface area contributed by atoms with E-state index in [1.807, 2.05) is 18.3 Å². The van der Waals surface area contributed by atoms with E-state index < -0.39 is 0 Å². The number of pyridine rings is 1. The van der Waals surface area contributed by atoms with Crippen LogP contribution in [0.1, 0.15) is 18.9 Å². The van der Waals surface area contributed by atoms with Gasteiger partial charge in [0.05, 0.1) is 11.9 Å². The molecule has 3 amide bonds. The van der Waals surface area contributed by atoms with Crippen molar-refractivity contribution in [2.45, 2.75) is 19.8 Å². The van der Waals surface area contributed by atoms with Crippen molar-refractivity contribution in [3.63, 3.8) is 0 Å². The van der Waals surface area contributed by atoms with E-state index in [-0.39, 0.29) is 11.9 Å². The van der Waals surface area contributed by atoms with Crippen LogP contribution < -0.4 is 10.2 Å². The zero-order valence-electron chi connectivity index (χ0n) is 11.2. The molecular formula is C15H15N3O2. The molecule has 0 bridgehead atoms. The second-order valence-electron chi connectivity index (χ2n) is 4.78. The highest BCUT2D eigenvalue weighted by Gasteiger charge is 2.25. The fourth-order valence-corrected chi connectivity index (χ4v) is 2.56. The molecule has 0 saturated carbocycles. The SMILES string of the molecule is CCc1cccc2c(N3CCC(=O)NC3=O)cncc12. The molecule has 20 heavy (non-hydrogen) atoms. The van der Waals surface area contributed by atoms with E-state index >= 15 is 0 Å². The first-order valence-electron chi connectivity index (χ1n) is 6.67. The maximum atomic E-state index is 12.0. The lowest BCUT2D eigenvalue weighted by atomic mass is 10.0. The lowest BCUT2D eigenvalue weighted by Gasteiger charge is -2.27. The summed E-state index contributed by atoms with van der Waals surface area (Å²) in [6.07, 6.45) is 4.73. The molecule has 0 unspecified atom stereocenters. The Morgan fingerprint density at radius 2 is 2.10 bits per heavy atom. The van der Waals surface area contributed by atoms with Gasteiger partial charge >= 0.3 is 6.03 Å². The number of rotatable bonds is 2. The van der Waals surface area contributed by atoms with Crippen LogP contribution in [0.3, 0.4) is 0 Å². The molecule has 5 heteroatoms. The van der Waals surface area contributed by atoms with Crippen LogP contribution >= 0.6 is 0 Å². The van der Waals surface area contributed by atoms with Gasteiger partial charge in [0.2, 0.25) is 5.91 Å². The second kappa shape index (κ2) is 4.92. The van der Waals surface area contributed by atoms with Gasteiger partial charge in [-0.1, -0.05) is 25.1 Å². The quantitative estimate of drug-likeness (QED) is 0.909. The molecule has 2 heterocycles. The van der Waals surface area contributed by atoms with Crippen molar-refractivity contribution in [3.8, 4) is 0 Å². The molecule has 102 valence electrons. The first-order chi connectivity index (χ1) is 9.70. The molecule has 0 aliphatic carbocycles. The molecule has 3 rings (SSSR count). The first kappa shape index (κ1) is 12.6. The summed E-state index contributed by atoms with van der Waals surface area (Å²) >= 11 is 0. The molecule has 1 aromatic heterocycles. The number of amides is 3. The van der Waals surface area contributed by atoms with E-state index in [0.29, 0.717) is 13.0 Å². The number of fused-ring (bicyclic) bond motifs is 1. The van der Waals surface area contributed by atoms with Gasteiger partial charge in [0.1, 0.15) is 0 Å². The third kappa shape index (κ3) is 2.01. The van der Waals surface area contributed by atoms with E-state index in [0.717, 1.165) is 22.9 Å². The minimum absolute atomic E-state index is 0.228. The molecule has 1 aliphatic rings. The monoisotopic (exact) mass is 269 g/mol. The number of urea groups is 1. The molecule has 1 saturated heterocycles. The highest BCUT2D eigenvalue weighted by molar-refractivity contribution is 6.09. The number of benzene rings is 1. The van der Waals surface area contributed by atoms with Crippen LogP contribution in [0.5, 0.6) is 0 Å². The van der Waals surface area contributed by atoms with Gasteiger partial charge in [-0.3, -0.25) is 20.0 Å². The molecule has 0 spiro atoms. The highest BCUT2D eigenvalue weighted by Crippen LogP contribution is 2.29. The number of carbonyl (C=O) groups excluding carboxylic acids is 2. The number of imide groups is 1. The molecule has 5 nitrogen and oxygen atoms in total. The van der Waals surface area contributed by atoms with Gasteiger partial charge in [0.15, 0.2) is 0 Å². The predicted molar refractivity (Wildman–Crippen MR) is 76.6 cm³/mol. The summed E-state index contributed by atoms with van der Waals surface area (Å²) in [7, 11) is 0. The van der Waals surface area contributed by atoms with Gasteiger partial charge < -0.3 is 0 Å². The molecule has 0 radical (unpaired) electrons. The second-order valence-corrected chi connectivity index (χ2v) is 4.78. The summed E-state index contributed by atoms with van der Waals surface area (Å²) in [5.41, 5.74) is 1.95. The Morgan fingerprint density at radius 1 is 1.25 bits per heavy atom. The Bertz CT molecular complexity index is 697. The summed E-state index contributed by atoms with van der Waals surface area (Å²) in [6, 6.07) is 5.65. The van der Waals surface area contributed by atoms with Crippen LogP contribution in [0.15, 0.2) is 30.6 Å². The van der Waals surface area contributed by atoms with Gasteiger partial charge in [0, 0.05) is 29.9 Å². The number of nitrogens with one attached hydrogen (secondary N) is 1. The van der Waals surface area contributed by atoms with Crippen molar-refractivity contribution in [1.82, 2.24) is 10.3 Å². The fraction of sp³-hybridized carbons (Fsp3) is 0.267. The Morgan fingerprint density at radius 3 is 2.85 bits per heavy atom. The summed E-state index contributed by atoms with van der Waals surface area (Å²) in [6.45, 7) is 2.48. The number of anilines is 1. The smallest absolute Gasteiger partial charge is 0.291 e. The van der Waals surface area contributed by atoms with Crippen molar-refractivity contribution >= 4 is 28.4 Å². The number of hydrogen-bond acceptors (Lipinski definition) is 3. The summed E-state index contributed by atoms with van der Waals surface area (Å²) in [5.74, 6) is -0.228. The van der Waals surface area contributed by atoms with E-state index in [9.17, 15) is 9.59 Å². The van der Waals surface area contributed by atoms with Crippen LogP contribution in [0.2, 0.25) is 0 Å². The van der Waals surface area contributed by atoms with E-state index in [4.69, 9.17) is 0 Å². The van der Waals surface area contributed by atoms with Crippen molar-refractivity contribution < 1.29 is 9.59 Å². The van der Waals surface area contributed by atoms with Gasteiger partial charge in [-0.2, -0.15) is 0 Å². The number of nitrogens with zero attached hydrogens (tertiary/aromatic N) is 2. The van der Waals surface area contributed by atoms with Crippen LogP contribution in [-0.4, -0.2) is 23.5 Å². The van der Waals surface area contributed by atoms with Crippen molar-refractivity contribution in [1.29, 1.82) is 0 Å². The molecule has 1 aromatic carbocycles. The Balaban J connectivity index is 2.12. The Hall–Kier alpha value is -2.43. The zero-order valence-corrected chi connectivity index (χ0v) is 11.2. The lowest BCUT2D eigenvalue weighted by Crippen LogP contribution is -2.49. The largest absolute Gasteiger partial charge is 0.328 e. The van der Waals surface area contributed by atoms with Gasteiger partial charge in [0.25, 0.3) is 0 Å². The normalized spacial score (nSPS) is 15.6. The maximum absolute atomic E-state index is 12.0. The third-order valence-corrected chi connectivity index (χ3v) is 3.60. The molecule has 1 fully saturated rings. The maximum Gasteiger partial charge on any atom is 0.328 e. The van der Waals surface area contributed by atoms with E-state index in [2.05, 4.69) is 23.3 Å². The van der Waals surface area contributed by atoms with Crippen LogP contribution in [0, 0.1) is 0 Å². The topological polar surface area (TPSA) is 62.3 Å². The lowest BCUT2D eigenvalue weighted by molar-refractivity contribution is -0.120. The number of aromatic nitrogens is 1. The van der Waals surface area contributed by atoms with Crippen molar-refractivity contribution in [2.75, 3.05) is 11.4 Å². The van der Waals surface area contributed by atoms with Gasteiger partial charge in [-0.15, -0.1) is 0 Å². The van der Waals surface area contributed by atoms with Crippen molar-refractivity contribution in [3.05, 3.63) is 36.2 Å². The van der Waals surface area contributed by atoms with E-state index in [1.165, 1.54) is 5.56 Å². The van der Waals surface area contributed by atoms with Crippen LogP contribution in [0.4, 0.5) is 10.5 Å². The first-order valence-corrected chi connectivity index (χ1v) is 6.67. The molecular weight excluding hydrogens is 254 g/mol. The molecule has 0 atom stereocenters. The summed E-state index contributed by atoms with van der Waals surface area (Å²) in [4.78, 5) is 29.0. The zero-order chi connectivity index (χ0) is 14.1. The van der Waals surface area contributed by atoms with Crippen molar-refractivity contribution in [2.24, 2.45) is 0 Å². The Kier molecular flexibility index (Phi) is 3.10. The average Bonchev–Trinajstić information content (AvgIpc) is 2.46. The number of hydrogen-bond donors (Lipinski definition) is 1. The molecule has 1 N–H and O–H groups in total. The minimum Gasteiger partial charge on any atom is -0.291 e. The van der Waals surface area contributed by atoms with E-state index in [1.54, 1.807) is 11.1 Å². The standard InChI is InChI=1S/C15H15N3O2/c1-2-10-4-3-5-11-12(10)8-16-9-13(11)18-7-6-14(19)17-15(18)20/h3-5,8-9H,2,6-7H2,1H3,(H,17,19,20). The highest BCUT2D eigenvalue weighted by atomic mass is 16.2. The Labute approximate surface area is 116 Å². The third-order valence-electron chi connectivity index (χ3n) is 3.60. The summed E-state index contributed by atoms with van der Waals surface area (Å²) < 4.78 is 0.